The summed E-state index contributed by atoms with van der Waals surface area (Å²) in [7, 11) is -3.93. The minimum Gasteiger partial charge on any atom is -0.744 e. The standard InChI is InChI=1S/C12H17NOS.C7H8O3S/c1-10-4-6-11(7-5-10)13-12(14)8-9-15(2)3;1-6-2-4-7(5-3-6)11(8,9)10/h4-7H,8-9H2,1-3H3;2-5H,1H3,(H,8,9,10). The Bertz CT molecular complexity index is 798. The fourth-order valence-corrected chi connectivity index (χ4v) is 2.93. The zero-order chi connectivity index (χ0) is 19.7. The van der Waals surface area contributed by atoms with Gasteiger partial charge >= 0.3 is 0 Å². The summed E-state index contributed by atoms with van der Waals surface area (Å²) in [5.41, 5.74) is 3.02. The second kappa shape index (κ2) is 10.4. The molecule has 0 aliphatic carbocycles. The lowest BCUT2D eigenvalue weighted by Gasteiger charge is -2.05. The van der Waals surface area contributed by atoms with Crippen LogP contribution in [0, 0.1) is 13.8 Å². The van der Waals surface area contributed by atoms with Crippen molar-refractivity contribution in [2.45, 2.75) is 25.2 Å². The van der Waals surface area contributed by atoms with Crippen molar-refractivity contribution < 1.29 is 17.8 Å². The predicted octanol–water partition coefficient (Wildman–Crippen LogP) is 3.10. The molecular formula is C19H25NO4S2. The molecule has 0 bridgehead atoms. The van der Waals surface area contributed by atoms with Gasteiger partial charge in [-0.3, -0.25) is 4.79 Å². The lowest BCUT2D eigenvalue weighted by Crippen LogP contribution is -2.16. The second-order valence-electron chi connectivity index (χ2n) is 6.12. The molecule has 7 heteroatoms. The van der Waals surface area contributed by atoms with E-state index in [1.54, 1.807) is 12.1 Å². The minimum atomic E-state index is -4.27. The lowest BCUT2D eigenvalue weighted by atomic mass is 10.2. The molecule has 0 aromatic heterocycles. The van der Waals surface area contributed by atoms with Crippen LogP contribution in [0.25, 0.3) is 0 Å². The fourth-order valence-electron chi connectivity index (χ4n) is 1.86. The number of carbonyl (C=O) groups excluding carboxylic acids is 1. The lowest BCUT2D eigenvalue weighted by molar-refractivity contribution is -0.115. The number of anilines is 1. The van der Waals surface area contributed by atoms with Gasteiger partial charge < -0.3 is 9.87 Å². The van der Waals surface area contributed by atoms with E-state index < -0.39 is 10.1 Å². The topological polar surface area (TPSA) is 86.3 Å². The van der Waals surface area contributed by atoms with Crippen LogP contribution in [0.15, 0.2) is 53.4 Å². The third-order valence-corrected chi connectivity index (χ3v) is 5.25. The third kappa shape index (κ3) is 9.03. The maximum absolute atomic E-state index is 11.5. The van der Waals surface area contributed by atoms with Crippen molar-refractivity contribution in [1.82, 2.24) is 0 Å². The minimum absolute atomic E-state index is 0.111. The molecule has 0 fully saturated rings. The molecule has 0 aliphatic heterocycles. The van der Waals surface area contributed by atoms with E-state index in [0.717, 1.165) is 17.0 Å². The van der Waals surface area contributed by atoms with Gasteiger partial charge in [-0.15, -0.1) is 0 Å². The van der Waals surface area contributed by atoms with Gasteiger partial charge in [-0.05, 0) is 49.0 Å². The molecule has 1 amide bonds. The molecule has 0 radical (unpaired) electrons. The molecule has 1 N–H and O–H groups in total. The largest absolute Gasteiger partial charge is 0.744 e. The number of amides is 1. The first kappa shape index (κ1) is 22.2. The van der Waals surface area contributed by atoms with Crippen LogP contribution in [0.4, 0.5) is 5.69 Å². The number of nitrogens with one attached hydrogen (secondary N) is 1. The van der Waals surface area contributed by atoms with Crippen LogP contribution in [0.5, 0.6) is 0 Å². The Balaban J connectivity index is 0.000000273. The molecule has 0 unspecified atom stereocenters. The quantitative estimate of drug-likeness (QED) is 0.622. The summed E-state index contributed by atoms with van der Waals surface area (Å²) in [6.45, 7) is 3.85. The monoisotopic (exact) mass is 395 g/mol. The maximum atomic E-state index is 11.5. The van der Waals surface area contributed by atoms with Gasteiger partial charge in [0.05, 0.1) is 23.8 Å². The molecule has 0 saturated carbocycles. The van der Waals surface area contributed by atoms with Crippen LogP contribution in [0.1, 0.15) is 17.5 Å². The maximum Gasteiger partial charge on any atom is 0.229 e. The summed E-state index contributed by atoms with van der Waals surface area (Å²) in [4.78, 5) is 11.3. The van der Waals surface area contributed by atoms with Crippen LogP contribution in [-0.4, -0.2) is 37.1 Å². The molecule has 2 rings (SSSR count). The molecule has 0 atom stereocenters. The van der Waals surface area contributed by atoms with Gasteiger partial charge in [0.1, 0.15) is 15.9 Å². The van der Waals surface area contributed by atoms with E-state index in [0.29, 0.717) is 17.3 Å². The molecule has 5 nitrogen and oxygen atoms in total. The van der Waals surface area contributed by atoms with Crippen molar-refractivity contribution in [2.24, 2.45) is 0 Å². The highest BCUT2D eigenvalue weighted by Crippen LogP contribution is 2.09. The zero-order valence-electron chi connectivity index (χ0n) is 15.5. The van der Waals surface area contributed by atoms with Gasteiger partial charge in [-0.2, -0.15) is 0 Å². The van der Waals surface area contributed by atoms with E-state index in [4.69, 9.17) is 0 Å². The zero-order valence-corrected chi connectivity index (χ0v) is 17.1. The first-order valence-corrected chi connectivity index (χ1v) is 11.6. The molecule has 0 saturated heterocycles. The van der Waals surface area contributed by atoms with Gasteiger partial charge in [0.15, 0.2) is 0 Å². The van der Waals surface area contributed by atoms with Crippen LogP contribution < -0.4 is 5.32 Å². The summed E-state index contributed by atoms with van der Waals surface area (Å²) in [6.07, 6.45) is 4.92. The molecule has 0 aliphatic rings. The number of hydrogen-bond acceptors (Lipinski definition) is 4. The fraction of sp³-hybridized carbons (Fsp3) is 0.316. The number of benzene rings is 2. The molecule has 2 aromatic rings. The molecular weight excluding hydrogens is 370 g/mol. The predicted molar refractivity (Wildman–Crippen MR) is 108 cm³/mol. The number of rotatable bonds is 5. The highest BCUT2D eigenvalue weighted by atomic mass is 32.2. The van der Waals surface area contributed by atoms with Crippen LogP contribution >= 0.6 is 0 Å². The molecule has 0 heterocycles. The van der Waals surface area contributed by atoms with Crippen molar-refractivity contribution in [1.29, 1.82) is 0 Å². The molecule has 2 aromatic carbocycles. The van der Waals surface area contributed by atoms with E-state index in [2.05, 4.69) is 17.8 Å². The van der Waals surface area contributed by atoms with Crippen molar-refractivity contribution in [3.63, 3.8) is 0 Å². The molecule has 26 heavy (non-hydrogen) atoms. The third-order valence-electron chi connectivity index (χ3n) is 3.38. The first-order chi connectivity index (χ1) is 12.1. The van der Waals surface area contributed by atoms with E-state index >= 15 is 0 Å². The van der Waals surface area contributed by atoms with Crippen molar-refractivity contribution in [3.8, 4) is 0 Å². The van der Waals surface area contributed by atoms with Gasteiger partial charge in [-0.25, -0.2) is 8.42 Å². The van der Waals surface area contributed by atoms with E-state index in [1.807, 2.05) is 38.1 Å². The van der Waals surface area contributed by atoms with Crippen molar-refractivity contribution in [3.05, 3.63) is 59.7 Å². The Morgan fingerprint density at radius 1 is 0.962 bits per heavy atom. The van der Waals surface area contributed by atoms with Crippen molar-refractivity contribution >= 4 is 32.6 Å². The summed E-state index contributed by atoms with van der Waals surface area (Å²) in [5, 5.41) is 2.89. The number of aryl methyl sites for hydroxylation is 2. The van der Waals surface area contributed by atoms with Crippen LogP contribution in [0.3, 0.4) is 0 Å². The van der Waals surface area contributed by atoms with Crippen LogP contribution in [0.2, 0.25) is 0 Å². The average Bonchev–Trinajstić information content (AvgIpc) is 2.55. The van der Waals surface area contributed by atoms with Crippen LogP contribution in [-0.2, 0) is 25.8 Å². The highest BCUT2D eigenvalue weighted by Gasteiger charge is 2.08. The van der Waals surface area contributed by atoms with Crippen molar-refractivity contribution in [2.75, 3.05) is 23.6 Å². The molecule has 0 spiro atoms. The van der Waals surface area contributed by atoms with Gasteiger partial charge in [0, 0.05) is 5.69 Å². The summed E-state index contributed by atoms with van der Waals surface area (Å²) in [6, 6.07) is 13.7. The van der Waals surface area contributed by atoms with E-state index in [9.17, 15) is 17.8 Å². The highest BCUT2D eigenvalue weighted by molar-refractivity contribution is 7.95. The Kier molecular flexibility index (Phi) is 8.84. The Hall–Kier alpha value is -1.83. The summed E-state index contributed by atoms with van der Waals surface area (Å²) >= 11 is 0. The van der Waals surface area contributed by atoms with Gasteiger partial charge in [0.25, 0.3) is 0 Å². The Morgan fingerprint density at radius 3 is 1.85 bits per heavy atom. The molecule has 142 valence electrons. The average molecular weight is 396 g/mol. The normalized spacial score (nSPS) is 10.8. The number of hydrogen-bond donors (Lipinski definition) is 1. The Labute approximate surface area is 158 Å². The van der Waals surface area contributed by atoms with Gasteiger partial charge in [0.2, 0.25) is 5.91 Å². The van der Waals surface area contributed by atoms with E-state index in [1.165, 1.54) is 17.7 Å². The smallest absolute Gasteiger partial charge is 0.229 e. The second-order valence-corrected chi connectivity index (χ2v) is 9.88. The SMILES string of the molecule is Cc1ccc(NC(=O)CC[S+](C)C)cc1.Cc1ccc(S(=O)(=O)[O-])cc1. The Morgan fingerprint density at radius 2 is 1.42 bits per heavy atom. The summed E-state index contributed by atoms with van der Waals surface area (Å²) < 4.78 is 31.2. The van der Waals surface area contributed by atoms with E-state index in [-0.39, 0.29) is 10.8 Å². The van der Waals surface area contributed by atoms with Gasteiger partial charge in [-0.1, -0.05) is 35.4 Å². The summed E-state index contributed by atoms with van der Waals surface area (Å²) in [5.74, 6) is 1.08. The first-order valence-electron chi connectivity index (χ1n) is 8.01. The number of carbonyl (C=O) groups is 1.